The first-order valence-electron chi connectivity index (χ1n) is 8.97. The Labute approximate surface area is 155 Å². The summed E-state index contributed by atoms with van der Waals surface area (Å²) in [7, 11) is 0. The Morgan fingerprint density at radius 1 is 1.11 bits per heavy atom. The van der Waals surface area contributed by atoms with Gasteiger partial charge in [-0.05, 0) is 25.0 Å². The van der Waals surface area contributed by atoms with Crippen LogP contribution in [0, 0.1) is 0 Å². The molecule has 0 unspecified atom stereocenters. The van der Waals surface area contributed by atoms with Crippen molar-refractivity contribution in [2.75, 3.05) is 5.73 Å². The largest absolute Gasteiger partial charge is 0.439 e. The number of fused-ring (bicyclic) bond motifs is 1. The number of aromatic nitrogens is 5. The standard InChI is InChI=1S/C19H18N6O2/c20-19-21-10-14-16(24-25(17(14)23-19)12-6-4-5-7-12)18-22-15(11-26-18)27-13-8-2-1-3-9-13/h1-3,8-12H,4-7H2,(H2,20,21,23). The maximum Gasteiger partial charge on any atom is 0.258 e. The lowest BCUT2D eigenvalue weighted by molar-refractivity contribution is 0.457. The molecule has 8 heteroatoms. The molecule has 0 saturated heterocycles. The van der Waals surface area contributed by atoms with E-state index in [-0.39, 0.29) is 5.95 Å². The van der Waals surface area contributed by atoms with E-state index in [1.165, 1.54) is 19.1 Å². The van der Waals surface area contributed by atoms with Crippen molar-refractivity contribution in [3.05, 3.63) is 42.8 Å². The van der Waals surface area contributed by atoms with Gasteiger partial charge in [-0.1, -0.05) is 31.0 Å². The van der Waals surface area contributed by atoms with Crippen LogP contribution in [-0.2, 0) is 0 Å². The number of anilines is 1. The normalized spacial score (nSPS) is 14.8. The van der Waals surface area contributed by atoms with Gasteiger partial charge in [0.05, 0.1) is 11.4 Å². The van der Waals surface area contributed by atoms with Crippen molar-refractivity contribution in [2.45, 2.75) is 31.7 Å². The van der Waals surface area contributed by atoms with Crippen molar-refractivity contribution in [3.63, 3.8) is 0 Å². The van der Waals surface area contributed by atoms with Gasteiger partial charge in [0, 0.05) is 6.20 Å². The average Bonchev–Trinajstić information content (AvgIpc) is 3.41. The monoisotopic (exact) mass is 362 g/mol. The molecule has 4 aromatic rings. The molecule has 0 atom stereocenters. The highest BCUT2D eigenvalue weighted by atomic mass is 16.5. The van der Waals surface area contributed by atoms with Gasteiger partial charge in [0.25, 0.3) is 11.8 Å². The molecule has 0 spiro atoms. The Morgan fingerprint density at radius 3 is 2.74 bits per heavy atom. The molecule has 0 radical (unpaired) electrons. The number of hydrogen-bond acceptors (Lipinski definition) is 7. The van der Waals surface area contributed by atoms with Gasteiger partial charge in [-0.3, -0.25) is 0 Å². The maximum atomic E-state index is 5.81. The summed E-state index contributed by atoms with van der Waals surface area (Å²) in [4.78, 5) is 13.0. The Morgan fingerprint density at radius 2 is 1.93 bits per heavy atom. The summed E-state index contributed by atoms with van der Waals surface area (Å²) in [6.45, 7) is 0. The minimum absolute atomic E-state index is 0.230. The molecule has 1 aromatic carbocycles. The number of rotatable bonds is 4. The number of benzene rings is 1. The van der Waals surface area contributed by atoms with E-state index in [1.807, 2.05) is 35.0 Å². The number of nitrogens with two attached hydrogens (primary N) is 1. The molecule has 3 aromatic heterocycles. The molecule has 1 saturated carbocycles. The van der Waals surface area contributed by atoms with E-state index in [0.717, 1.165) is 18.2 Å². The quantitative estimate of drug-likeness (QED) is 0.585. The molecule has 0 aliphatic heterocycles. The fraction of sp³-hybridized carbons (Fsp3) is 0.263. The van der Waals surface area contributed by atoms with E-state index in [1.54, 1.807) is 6.20 Å². The topological polar surface area (TPSA) is 105 Å². The van der Waals surface area contributed by atoms with Crippen molar-refractivity contribution in [1.82, 2.24) is 24.7 Å². The molecule has 8 nitrogen and oxygen atoms in total. The fourth-order valence-corrected chi connectivity index (χ4v) is 3.52. The SMILES string of the molecule is Nc1ncc2c(-c3nc(Oc4ccccc4)co3)nn(C3CCCC3)c2n1. The molecule has 5 rings (SSSR count). The van der Waals surface area contributed by atoms with Crippen LogP contribution in [0.3, 0.4) is 0 Å². The predicted octanol–water partition coefficient (Wildman–Crippen LogP) is 3.97. The van der Waals surface area contributed by atoms with Crippen LogP contribution in [0.15, 0.2) is 47.2 Å². The third-order valence-corrected chi connectivity index (χ3v) is 4.79. The zero-order valence-corrected chi connectivity index (χ0v) is 14.6. The van der Waals surface area contributed by atoms with Crippen molar-refractivity contribution in [2.24, 2.45) is 0 Å². The van der Waals surface area contributed by atoms with Gasteiger partial charge < -0.3 is 14.9 Å². The van der Waals surface area contributed by atoms with Crippen molar-refractivity contribution in [3.8, 4) is 23.2 Å². The molecule has 0 bridgehead atoms. The number of nitrogens with zero attached hydrogens (tertiary/aromatic N) is 5. The molecule has 27 heavy (non-hydrogen) atoms. The minimum Gasteiger partial charge on any atom is -0.439 e. The summed E-state index contributed by atoms with van der Waals surface area (Å²) in [5.74, 6) is 1.66. The minimum atomic E-state index is 0.230. The summed E-state index contributed by atoms with van der Waals surface area (Å²) in [6.07, 6.45) is 7.68. The molecular weight excluding hydrogens is 344 g/mol. The molecule has 3 heterocycles. The molecular formula is C19H18N6O2. The highest BCUT2D eigenvalue weighted by Gasteiger charge is 2.25. The van der Waals surface area contributed by atoms with Crippen molar-refractivity contribution < 1.29 is 9.15 Å². The second-order valence-corrected chi connectivity index (χ2v) is 6.60. The smallest absolute Gasteiger partial charge is 0.258 e. The Kier molecular flexibility index (Phi) is 3.74. The summed E-state index contributed by atoms with van der Waals surface area (Å²) in [5, 5.41) is 5.52. The molecule has 0 amide bonds. The lowest BCUT2D eigenvalue weighted by Gasteiger charge is -2.10. The zero-order chi connectivity index (χ0) is 18.2. The van der Waals surface area contributed by atoms with Crippen LogP contribution in [-0.4, -0.2) is 24.7 Å². The summed E-state index contributed by atoms with van der Waals surface area (Å²) >= 11 is 0. The predicted molar refractivity (Wildman–Crippen MR) is 99.3 cm³/mol. The van der Waals surface area contributed by atoms with Gasteiger partial charge in [0.2, 0.25) is 5.95 Å². The van der Waals surface area contributed by atoms with Crippen LogP contribution < -0.4 is 10.5 Å². The first-order valence-corrected chi connectivity index (χ1v) is 8.97. The molecule has 1 aliphatic carbocycles. The second-order valence-electron chi connectivity index (χ2n) is 6.60. The van der Waals surface area contributed by atoms with Crippen LogP contribution in [0.25, 0.3) is 22.6 Å². The van der Waals surface area contributed by atoms with E-state index in [2.05, 4.69) is 15.0 Å². The third-order valence-electron chi connectivity index (χ3n) is 4.79. The summed E-state index contributed by atoms with van der Waals surface area (Å²) in [6, 6.07) is 9.74. The molecule has 2 N–H and O–H groups in total. The van der Waals surface area contributed by atoms with E-state index in [0.29, 0.717) is 34.9 Å². The van der Waals surface area contributed by atoms with Crippen LogP contribution in [0.5, 0.6) is 11.6 Å². The van der Waals surface area contributed by atoms with Crippen molar-refractivity contribution >= 4 is 17.0 Å². The van der Waals surface area contributed by atoms with Gasteiger partial charge in [-0.15, -0.1) is 0 Å². The Hall–Kier alpha value is -3.42. The van der Waals surface area contributed by atoms with Gasteiger partial charge in [0.15, 0.2) is 17.6 Å². The van der Waals surface area contributed by atoms with Crippen LogP contribution >= 0.6 is 0 Å². The van der Waals surface area contributed by atoms with E-state index >= 15 is 0 Å². The van der Waals surface area contributed by atoms with E-state index in [9.17, 15) is 0 Å². The number of oxazole rings is 1. The lowest BCUT2D eigenvalue weighted by atomic mass is 10.2. The van der Waals surface area contributed by atoms with E-state index < -0.39 is 0 Å². The first kappa shape index (κ1) is 15.8. The Bertz CT molecular complexity index is 1080. The first-order chi connectivity index (χ1) is 13.3. The second kappa shape index (κ2) is 6.39. The van der Waals surface area contributed by atoms with Crippen LogP contribution in [0.1, 0.15) is 31.7 Å². The lowest BCUT2D eigenvalue weighted by Crippen LogP contribution is -2.08. The third kappa shape index (κ3) is 2.88. The molecule has 136 valence electrons. The van der Waals surface area contributed by atoms with Gasteiger partial charge in [-0.25, -0.2) is 9.67 Å². The highest BCUT2D eigenvalue weighted by molar-refractivity contribution is 5.88. The maximum absolute atomic E-state index is 5.81. The molecule has 1 fully saturated rings. The average molecular weight is 362 g/mol. The highest BCUT2D eigenvalue weighted by Crippen LogP contribution is 2.35. The van der Waals surface area contributed by atoms with Crippen LogP contribution in [0.4, 0.5) is 5.95 Å². The number of hydrogen-bond donors (Lipinski definition) is 1. The fourth-order valence-electron chi connectivity index (χ4n) is 3.52. The van der Waals surface area contributed by atoms with Gasteiger partial charge in [-0.2, -0.15) is 15.1 Å². The zero-order valence-electron chi connectivity index (χ0n) is 14.6. The van der Waals surface area contributed by atoms with E-state index in [4.69, 9.17) is 20.0 Å². The Balaban J connectivity index is 1.55. The number of ether oxygens (including phenoxy) is 1. The van der Waals surface area contributed by atoms with Gasteiger partial charge in [0.1, 0.15) is 5.75 Å². The van der Waals surface area contributed by atoms with Crippen LogP contribution in [0.2, 0.25) is 0 Å². The molecule has 1 aliphatic rings. The summed E-state index contributed by atoms with van der Waals surface area (Å²) < 4.78 is 13.3. The number of para-hydroxylation sites is 1. The summed E-state index contributed by atoms with van der Waals surface area (Å²) in [5.41, 5.74) is 7.12. The number of nitrogen functional groups attached to an aromatic ring is 1. The van der Waals surface area contributed by atoms with Gasteiger partial charge >= 0.3 is 0 Å². The van der Waals surface area contributed by atoms with Crippen molar-refractivity contribution in [1.29, 1.82) is 0 Å².